The van der Waals surface area contributed by atoms with E-state index in [1.54, 1.807) is 0 Å². The van der Waals surface area contributed by atoms with Crippen molar-refractivity contribution in [2.24, 2.45) is 11.3 Å². The second-order valence-electron chi connectivity index (χ2n) is 7.01. The number of nitrogens with zero attached hydrogens (tertiary/aromatic N) is 2. The quantitative estimate of drug-likeness (QED) is 0.537. The van der Waals surface area contributed by atoms with Gasteiger partial charge in [-0.25, -0.2) is 0 Å². The maximum absolute atomic E-state index is 5.57. The Labute approximate surface area is 147 Å². The van der Waals surface area contributed by atoms with E-state index >= 15 is 0 Å². The predicted octanol–water partition coefficient (Wildman–Crippen LogP) is 5.26. The van der Waals surface area contributed by atoms with Crippen molar-refractivity contribution in [2.45, 2.75) is 54.9 Å². The van der Waals surface area contributed by atoms with Gasteiger partial charge in [-0.15, -0.1) is 0 Å². The molecule has 0 aromatic heterocycles. The van der Waals surface area contributed by atoms with Gasteiger partial charge in [0.15, 0.2) is 0 Å². The van der Waals surface area contributed by atoms with E-state index < -0.39 is 0 Å². The van der Waals surface area contributed by atoms with Crippen LogP contribution in [0.3, 0.4) is 0 Å². The zero-order chi connectivity index (χ0) is 17.9. The van der Waals surface area contributed by atoms with E-state index in [0.29, 0.717) is 5.92 Å². The molecule has 0 spiro atoms. The summed E-state index contributed by atoms with van der Waals surface area (Å²) in [5.74, 6) is 1.52. The first-order valence-corrected chi connectivity index (χ1v) is 8.32. The first-order chi connectivity index (χ1) is 9.99. The number of likely N-dealkylation sites (N-methyl/N-ethyl adjacent to an activating group) is 1. The van der Waals surface area contributed by atoms with Crippen molar-refractivity contribution in [1.29, 1.82) is 0 Å². The summed E-state index contributed by atoms with van der Waals surface area (Å²) >= 11 is 0. The zero-order valence-electron chi connectivity index (χ0n) is 16.6. The van der Waals surface area contributed by atoms with E-state index in [-0.39, 0.29) is 12.8 Å². The Hall–Kier alpha value is -0.960. The largest absolute Gasteiger partial charge is 0.497 e. The lowest BCUT2D eigenvalue weighted by Crippen LogP contribution is -2.21. The molecule has 1 atom stereocenters. The van der Waals surface area contributed by atoms with Crippen LogP contribution < -0.4 is 0 Å². The monoisotopic (exact) mass is 328 g/mol. The standard InChI is InChI=1S/C11H23NO.C8H17N.CH4/c1-7-11(3,4)10(2)13-9-8-12(5)6;1-6-7(2)8(3)9(4)5;/h2,7-9H2,1,3-6H3;7H,3,6H2,1-2,4-5H3;1H4. The minimum absolute atomic E-state index is 0. The van der Waals surface area contributed by atoms with Crippen molar-refractivity contribution < 1.29 is 4.74 Å². The van der Waals surface area contributed by atoms with Crippen molar-refractivity contribution in [3.8, 4) is 0 Å². The number of hydrogen-bond acceptors (Lipinski definition) is 3. The van der Waals surface area contributed by atoms with Gasteiger partial charge < -0.3 is 14.5 Å². The topological polar surface area (TPSA) is 15.7 Å². The molecule has 1 unspecified atom stereocenters. The zero-order valence-corrected chi connectivity index (χ0v) is 16.6. The van der Waals surface area contributed by atoms with Crippen LogP contribution in [0.4, 0.5) is 0 Å². The summed E-state index contributed by atoms with van der Waals surface area (Å²) in [6.07, 6.45) is 2.24. The molecule has 0 aliphatic rings. The number of ether oxygens (including phenoxy) is 1. The molecular formula is C20H44N2O. The Morgan fingerprint density at radius 1 is 1.09 bits per heavy atom. The Kier molecular flexibility index (Phi) is 15.8. The molecule has 0 N–H and O–H groups in total. The van der Waals surface area contributed by atoms with Crippen LogP contribution in [0.5, 0.6) is 0 Å². The second-order valence-corrected chi connectivity index (χ2v) is 7.01. The van der Waals surface area contributed by atoms with Gasteiger partial charge in [0.1, 0.15) is 6.61 Å². The van der Waals surface area contributed by atoms with Gasteiger partial charge in [-0.1, -0.05) is 55.2 Å². The molecule has 3 nitrogen and oxygen atoms in total. The first kappa shape index (κ1) is 26.9. The molecule has 0 fully saturated rings. The van der Waals surface area contributed by atoms with Crippen molar-refractivity contribution in [1.82, 2.24) is 9.80 Å². The molecule has 0 aliphatic carbocycles. The SMILES string of the molecule is C.C=C(C(C)CC)N(C)C.C=C(OCCN(C)C)C(C)(C)CC. The third-order valence-corrected chi connectivity index (χ3v) is 4.21. The van der Waals surface area contributed by atoms with Crippen LogP contribution in [0.2, 0.25) is 0 Å². The highest BCUT2D eigenvalue weighted by molar-refractivity contribution is 4.97. The second kappa shape index (κ2) is 13.5. The Morgan fingerprint density at radius 3 is 1.83 bits per heavy atom. The van der Waals surface area contributed by atoms with Gasteiger partial charge in [0.25, 0.3) is 0 Å². The maximum atomic E-state index is 5.57. The van der Waals surface area contributed by atoms with Crippen LogP contribution in [0.15, 0.2) is 24.6 Å². The van der Waals surface area contributed by atoms with E-state index in [2.05, 4.69) is 57.6 Å². The number of hydrogen-bond donors (Lipinski definition) is 0. The van der Waals surface area contributed by atoms with Crippen LogP contribution in [0, 0.1) is 11.3 Å². The highest BCUT2D eigenvalue weighted by atomic mass is 16.5. The molecule has 0 bridgehead atoms. The summed E-state index contributed by atoms with van der Waals surface area (Å²) < 4.78 is 5.57. The molecule has 0 saturated heterocycles. The van der Waals surface area contributed by atoms with E-state index in [1.807, 2.05) is 28.2 Å². The lowest BCUT2D eigenvalue weighted by Gasteiger charge is -2.26. The molecule has 0 amide bonds. The normalized spacial score (nSPS) is 11.7. The molecule has 0 aromatic carbocycles. The van der Waals surface area contributed by atoms with Gasteiger partial charge in [0.05, 0.1) is 5.76 Å². The fourth-order valence-corrected chi connectivity index (χ4v) is 1.42. The van der Waals surface area contributed by atoms with Crippen LogP contribution in [0.25, 0.3) is 0 Å². The number of rotatable bonds is 9. The summed E-state index contributed by atoms with van der Waals surface area (Å²) in [7, 11) is 8.15. The van der Waals surface area contributed by atoms with Crippen LogP contribution in [-0.4, -0.2) is 51.1 Å². The third-order valence-electron chi connectivity index (χ3n) is 4.21. The molecule has 3 heteroatoms. The Bertz CT molecular complexity index is 320. The highest BCUT2D eigenvalue weighted by Crippen LogP contribution is 2.28. The molecule has 0 aromatic rings. The van der Waals surface area contributed by atoms with E-state index in [4.69, 9.17) is 4.74 Å². The predicted molar refractivity (Wildman–Crippen MR) is 107 cm³/mol. The van der Waals surface area contributed by atoms with Gasteiger partial charge in [-0.05, 0) is 32.9 Å². The average Bonchev–Trinajstić information content (AvgIpc) is 2.45. The van der Waals surface area contributed by atoms with Crippen LogP contribution in [0.1, 0.15) is 54.9 Å². The molecule has 0 rings (SSSR count). The van der Waals surface area contributed by atoms with Gasteiger partial charge >= 0.3 is 0 Å². The lowest BCUT2D eigenvalue weighted by atomic mass is 9.88. The molecule has 0 radical (unpaired) electrons. The molecular weight excluding hydrogens is 284 g/mol. The van der Waals surface area contributed by atoms with E-state index in [9.17, 15) is 0 Å². The van der Waals surface area contributed by atoms with Gasteiger partial charge in [0, 0.05) is 31.8 Å². The summed E-state index contributed by atoms with van der Waals surface area (Å²) in [4.78, 5) is 4.18. The molecule has 140 valence electrons. The molecule has 23 heavy (non-hydrogen) atoms. The smallest absolute Gasteiger partial charge is 0.100 e. The highest BCUT2D eigenvalue weighted by Gasteiger charge is 2.20. The van der Waals surface area contributed by atoms with Crippen molar-refractivity contribution in [3.05, 3.63) is 24.6 Å². The lowest BCUT2D eigenvalue weighted by molar-refractivity contribution is 0.127. The molecule has 0 heterocycles. The minimum Gasteiger partial charge on any atom is -0.497 e. The van der Waals surface area contributed by atoms with Crippen molar-refractivity contribution in [2.75, 3.05) is 41.3 Å². The van der Waals surface area contributed by atoms with Crippen molar-refractivity contribution in [3.63, 3.8) is 0 Å². The Balaban J connectivity index is -0.000000354. The van der Waals surface area contributed by atoms with Gasteiger partial charge in [-0.3, -0.25) is 0 Å². The summed E-state index contributed by atoms with van der Waals surface area (Å²) in [6, 6.07) is 0. The minimum atomic E-state index is 0. The summed E-state index contributed by atoms with van der Waals surface area (Å²) in [5, 5.41) is 0. The fourth-order valence-electron chi connectivity index (χ4n) is 1.42. The molecule has 0 saturated carbocycles. The van der Waals surface area contributed by atoms with Gasteiger partial charge in [0.2, 0.25) is 0 Å². The van der Waals surface area contributed by atoms with Crippen LogP contribution >= 0.6 is 0 Å². The first-order valence-electron chi connectivity index (χ1n) is 8.32. The van der Waals surface area contributed by atoms with Crippen molar-refractivity contribution >= 4 is 0 Å². The Morgan fingerprint density at radius 2 is 1.57 bits per heavy atom. The molecule has 0 aliphatic heterocycles. The van der Waals surface area contributed by atoms with E-state index in [0.717, 1.165) is 25.3 Å². The average molecular weight is 329 g/mol. The number of allylic oxidation sites excluding steroid dienone is 2. The fraction of sp³-hybridized carbons (Fsp3) is 0.800. The third kappa shape index (κ3) is 13.2. The van der Waals surface area contributed by atoms with Crippen LogP contribution in [-0.2, 0) is 4.74 Å². The van der Waals surface area contributed by atoms with E-state index in [1.165, 1.54) is 12.1 Å². The summed E-state index contributed by atoms with van der Waals surface area (Å²) in [6.45, 7) is 20.4. The summed E-state index contributed by atoms with van der Waals surface area (Å²) in [5.41, 5.74) is 1.32. The maximum Gasteiger partial charge on any atom is 0.100 e. The van der Waals surface area contributed by atoms with Gasteiger partial charge in [-0.2, -0.15) is 0 Å².